The SMILES string of the molecule is COCCN1CC(C)(C)CNC(CC(=O)O)C1=O. The zero-order valence-corrected chi connectivity index (χ0v) is 11.2. The summed E-state index contributed by atoms with van der Waals surface area (Å²) in [6.07, 6.45) is -0.182. The number of hydrogen-bond donors (Lipinski definition) is 2. The molecular formula is C12H22N2O4. The third kappa shape index (κ3) is 4.27. The van der Waals surface area contributed by atoms with Crippen LogP contribution in [-0.4, -0.2) is 61.3 Å². The smallest absolute Gasteiger partial charge is 0.305 e. The molecule has 0 spiro atoms. The highest BCUT2D eigenvalue weighted by Crippen LogP contribution is 2.20. The third-order valence-electron chi connectivity index (χ3n) is 3.00. The Hall–Kier alpha value is -1.14. The lowest BCUT2D eigenvalue weighted by molar-refractivity contribution is -0.142. The molecular weight excluding hydrogens is 236 g/mol. The summed E-state index contributed by atoms with van der Waals surface area (Å²) in [5.41, 5.74) is -0.0728. The summed E-state index contributed by atoms with van der Waals surface area (Å²) in [4.78, 5) is 24.7. The Morgan fingerprint density at radius 3 is 2.83 bits per heavy atom. The average Bonchev–Trinajstić information content (AvgIpc) is 2.37. The molecule has 6 nitrogen and oxygen atoms in total. The molecule has 1 saturated heterocycles. The molecule has 0 aromatic heterocycles. The topological polar surface area (TPSA) is 78.9 Å². The number of carboxylic acids is 1. The number of carbonyl (C=O) groups is 2. The van der Waals surface area contributed by atoms with Crippen LogP contribution in [0.5, 0.6) is 0 Å². The van der Waals surface area contributed by atoms with Gasteiger partial charge in [-0.25, -0.2) is 0 Å². The first kappa shape index (κ1) is 14.9. The molecule has 6 heteroatoms. The van der Waals surface area contributed by atoms with Crippen molar-refractivity contribution in [2.45, 2.75) is 26.3 Å². The first-order valence-corrected chi connectivity index (χ1v) is 6.08. The zero-order chi connectivity index (χ0) is 13.8. The number of ether oxygens (including phenoxy) is 1. The summed E-state index contributed by atoms with van der Waals surface area (Å²) >= 11 is 0. The molecule has 1 heterocycles. The van der Waals surface area contributed by atoms with E-state index in [0.29, 0.717) is 26.2 Å². The van der Waals surface area contributed by atoms with E-state index in [1.807, 2.05) is 0 Å². The summed E-state index contributed by atoms with van der Waals surface area (Å²) in [5, 5.41) is 11.9. The van der Waals surface area contributed by atoms with E-state index in [4.69, 9.17) is 9.84 Å². The summed E-state index contributed by atoms with van der Waals surface area (Å²) in [7, 11) is 1.58. The highest BCUT2D eigenvalue weighted by Gasteiger charge is 2.35. The molecule has 1 atom stereocenters. The standard InChI is InChI=1S/C12H22N2O4/c1-12(2)7-13-9(6-10(15)16)11(17)14(8-12)4-5-18-3/h9,13H,4-8H2,1-3H3,(H,15,16). The molecule has 0 aromatic rings. The molecule has 0 bridgehead atoms. The van der Waals surface area contributed by atoms with Gasteiger partial charge in [-0.05, 0) is 5.41 Å². The number of aliphatic carboxylic acids is 1. The number of amides is 1. The summed E-state index contributed by atoms with van der Waals surface area (Å²) in [6.45, 7) is 6.29. The van der Waals surface area contributed by atoms with Crippen LogP contribution in [0.25, 0.3) is 0 Å². The van der Waals surface area contributed by atoms with Crippen molar-refractivity contribution >= 4 is 11.9 Å². The van der Waals surface area contributed by atoms with Gasteiger partial charge in [0, 0.05) is 26.7 Å². The number of methoxy groups -OCH3 is 1. The molecule has 18 heavy (non-hydrogen) atoms. The quantitative estimate of drug-likeness (QED) is 0.722. The molecule has 0 aromatic carbocycles. The largest absolute Gasteiger partial charge is 0.481 e. The van der Waals surface area contributed by atoms with Gasteiger partial charge in [-0.1, -0.05) is 13.8 Å². The highest BCUT2D eigenvalue weighted by atomic mass is 16.5. The second-order valence-electron chi connectivity index (χ2n) is 5.45. The van der Waals surface area contributed by atoms with Crippen molar-refractivity contribution in [1.29, 1.82) is 0 Å². The van der Waals surface area contributed by atoms with Gasteiger partial charge in [-0.15, -0.1) is 0 Å². The van der Waals surface area contributed by atoms with E-state index in [2.05, 4.69) is 19.2 Å². The Kier molecular flexibility index (Phi) is 5.10. The van der Waals surface area contributed by atoms with E-state index >= 15 is 0 Å². The van der Waals surface area contributed by atoms with Crippen LogP contribution >= 0.6 is 0 Å². The fourth-order valence-corrected chi connectivity index (χ4v) is 2.08. The maximum Gasteiger partial charge on any atom is 0.305 e. The predicted octanol–water partition coefficient (Wildman–Crippen LogP) is -0.0659. The minimum Gasteiger partial charge on any atom is -0.481 e. The second-order valence-corrected chi connectivity index (χ2v) is 5.45. The fourth-order valence-electron chi connectivity index (χ4n) is 2.08. The van der Waals surface area contributed by atoms with Crippen LogP contribution in [0.3, 0.4) is 0 Å². The molecule has 1 fully saturated rings. The van der Waals surface area contributed by atoms with Gasteiger partial charge in [0.15, 0.2) is 0 Å². The van der Waals surface area contributed by atoms with Gasteiger partial charge >= 0.3 is 5.97 Å². The van der Waals surface area contributed by atoms with Crippen LogP contribution in [-0.2, 0) is 14.3 Å². The second kappa shape index (κ2) is 6.15. The van der Waals surface area contributed by atoms with Crippen molar-refractivity contribution in [2.75, 3.05) is 33.4 Å². The van der Waals surface area contributed by atoms with Gasteiger partial charge in [0.2, 0.25) is 5.91 Å². The summed E-state index contributed by atoms with van der Waals surface area (Å²) in [5.74, 6) is -1.12. The Balaban J connectivity index is 2.78. The Labute approximate surface area is 107 Å². The van der Waals surface area contributed by atoms with E-state index in [-0.39, 0.29) is 17.7 Å². The van der Waals surface area contributed by atoms with Crippen LogP contribution < -0.4 is 5.32 Å². The highest BCUT2D eigenvalue weighted by molar-refractivity contribution is 5.86. The van der Waals surface area contributed by atoms with Crippen LogP contribution in [0.15, 0.2) is 0 Å². The lowest BCUT2D eigenvalue weighted by atomic mass is 9.93. The molecule has 104 valence electrons. The minimum absolute atomic E-state index is 0.0728. The van der Waals surface area contributed by atoms with Crippen LogP contribution in [0.1, 0.15) is 20.3 Å². The molecule has 0 radical (unpaired) electrons. The minimum atomic E-state index is -0.966. The number of nitrogens with one attached hydrogen (secondary N) is 1. The zero-order valence-electron chi connectivity index (χ0n) is 11.2. The van der Waals surface area contributed by atoms with E-state index in [9.17, 15) is 9.59 Å². The molecule has 1 rings (SSSR count). The van der Waals surface area contributed by atoms with Crippen molar-refractivity contribution in [1.82, 2.24) is 10.2 Å². The Morgan fingerprint density at radius 1 is 1.61 bits per heavy atom. The van der Waals surface area contributed by atoms with Gasteiger partial charge in [0.1, 0.15) is 0 Å². The van der Waals surface area contributed by atoms with Crippen molar-refractivity contribution in [2.24, 2.45) is 5.41 Å². The van der Waals surface area contributed by atoms with Gasteiger partial charge in [0.05, 0.1) is 19.1 Å². The maximum absolute atomic E-state index is 12.2. The number of carbonyl (C=O) groups excluding carboxylic acids is 1. The number of rotatable bonds is 5. The van der Waals surface area contributed by atoms with Crippen LogP contribution in [0.2, 0.25) is 0 Å². The van der Waals surface area contributed by atoms with Crippen LogP contribution in [0, 0.1) is 5.41 Å². The molecule has 2 N–H and O–H groups in total. The predicted molar refractivity (Wildman–Crippen MR) is 66.3 cm³/mol. The van der Waals surface area contributed by atoms with Gasteiger partial charge in [-0.3, -0.25) is 9.59 Å². The summed E-state index contributed by atoms with van der Waals surface area (Å²) in [6, 6.07) is -0.638. The van der Waals surface area contributed by atoms with E-state index in [1.54, 1.807) is 12.0 Å². The van der Waals surface area contributed by atoms with Crippen LogP contribution in [0.4, 0.5) is 0 Å². The average molecular weight is 258 g/mol. The third-order valence-corrected chi connectivity index (χ3v) is 3.00. The van der Waals surface area contributed by atoms with Crippen molar-refractivity contribution in [3.63, 3.8) is 0 Å². The van der Waals surface area contributed by atoms with E-state index in [0.717, 1.165) is 0 Å². The molecule has 1 aliphatic heterocycles. The first-order chi connectivity index (χ1) is 8.35. The van der Waals surface area contributed by atoms with E-state index < -0.39 is 12.0 Å². The molecule has 1 unspecified atom stereocenters. The lowest BCUT2D eigenvalue weighted by Gasteiger charge is -2.29. The van der Waals surface area contributed by atoms with Crippen molar-refractivity contribution < 1.29 is 19.4 Å². The Bertz CT molecular complexity index is 317. The number of carboxylic acid groups (broad SMARTS) is 1. The number of nitrogens with zero attached hydrogens (tertiary/aromatic N) is 1. The maximum atomic E-state index is 12.2. The molecule has 1 aliphatic rings. The Morgan fingerprint density at radius 2 is 2.28 bits per heavy atom. The van der Waals surface area contributed by atoms with Gasteiger partial charge in [-0.2, -0.15) is 0 Å². The molecule has 0 aliphatic carbocycles. The van der Waals surface area contributed by atoms with Gasteiger partial charge in [0.25, 0.3) is 0 Å². The monoisotopic (exact) mass is 258 g/mol. The lowest BCUT2D eigenvalue weighted by Crippen LogP contribution is -2.45. The number of hydrogen-bond acceptors (Lipinski definition) is 4. The van der Waals surface area contributed by atoms with Crippen molar-refractivity contribution in [3.05, 3.63) is 0 Å². The van der Waals surface area contributed by atoms with Gasteiger partial charge < -0.3 is 20.1 Å². The summed E-state index contributed by atoms with van der Waals surface area (Å²) < 4.78 is 4.99. The fraction of sp³-hybridized carbons (Fsp3) is 0.833. The molecule has 0 saturated carbocycles. The molecule has 1 amide bonds. The first-order valence-electron chi connectivity index (χ1n) is 6.08. The normalized spacial score (nSPS) is 23.8. The van der Waals surface area contributed by atoms with Crippen molar-refractivity contribution in [3.8, 4) is 0 Å². The van der Waals surface area contributed by atoms with E-state index in [1.165, 1.54) is 0 Å².